The van der Waals surface area contributed by atoms with Crippen LogP contribution in [-0.2, 0) is 15.9 Å². The minimum absolute atomic E-state index is 0. The van der Waals surface area contributed by atoms with Crippen molar-refractivity contribution in [1.29, 1.82) is 0 Å². The van der Waals surface area contributed by atoms with Gasteiger partial charge in [0.15, 0.2) is 5.96 Å². The number of guanidine groups is 1. The zero-order valence-corrected chi connectivity index (χ0v) is 18.8. The van der Waals surface area contributed by atoms with Gasteiger partial charge in [-0.2, -0.15) is 0 Å². The number of nitrogens with one attached hydrogen (secondary N) is 1. The van der Waals surface area contributed by atoms with Crippen LogP contribution in [0.3, 0.4) is 0 Å². The fraction of sp³-hybridized carbons (Fsp3) is 0.650. The fourth-order valence-electron chi connectivity index (χ4n) is 3.20. The van der Waals surface area contributed by atoms with Gasteiger partial charge in [-0.3, -0.25) is 4.99 Å². The van der Waals surface area contributed by atoms with Crippen molar-refractivity contribution < 1.29 is 13.9 Å². The molecule has 1 N–H and O–H groups in total. The summed E-state index contributed by atoms with van der Waals surface area (Å²) in [7, 11) is 3.54. The molecule has 0 aromatic heterocycles. The molecule has 0 unspecified atom stereocenters. The summed E-state index contributed by atoms with van der Waals surface area (Å²) in [5, 5.41) is 3.42. The number of hydrogen-bond acceptors (Lipinski definition) is 3. The second-order valence-corrected chi connectivity index (χ2v) is 6.61. The molecule has 0 saturated carbocycles. The normalized spacial score (nSPS) is 15.5. The Labute approximate surface area is 179 Å². The van der Waals surface area contributed by atoms with Crippen LogP contribution in [0.5, 0.6) is 0 Å². The maximum Gasteiger partial charge on any atom is 0.193 e. The van der Waals surface area contributed by atoms with Crippen molar-refractivity contribution in [3.05, 3.63) is 35.6 Å². The molecular formula is C20H33FIN3O2. The van der Waals surface area contributed by atoms with E-state index in [9.17, 15) is 4.39 Å². The highest BCUT2D eigenvalue weighted by atomic mass is 127. The Morgan fingerprint density at radius 3 is 2.70 bits per heavy atom. The molecule has 0 amide bonds. The number of ether oxygens (including phenoxy) is 2. The number of piperidine rings is 1. The average Bonchev–Trinajstić information content (AvgIpc) is 2.66. The molecule has 0 aliphatic carbocycles. The zero-order chi connectivity index (χ0) is 18.6. The third-order valence-corrected chi connectivity index (χ3v) is 4.61. The molecule has 7 heteroatoms. The van der Waals surface area contributed by atoms with Crippen LogP contribution in [0.1, 0.15) is 31.2 Å². The molecule has 1 fully saturated rings. The SMILES string of the molecule is CN=C(NCCCc1cccc(F)c1)N1CCC(OCCCOC)CC1.I. The predicted molar refractivity (Wildman–Crippen MR) is 119 cm³/mol. The van der Waals surface area contributed by atoms with E-state index in [1.165, 1.54) is 6.07 Å². The second kappa shape index (κ2) is 14.1. The van der Waals surface area contributed by atoms with E-state index in [1.54, 1.807) is 19.2 Å². The summed E-state index contributed by atoms with van der Waals surface area (Å²) in [6, 6.07) is 6.81. The molecule has 0 atom stereocenters. The lowest BCUT2D eigenvalue weighted by molar-refractivity contribution is 0.00991. The third kappa shape index (κ3) is 9.21. The monoisotopic (exact) mass is 493 g/mol. The Kier molecular flexibility index (Phi) is 12.6. The lowest BCUT2D eigenvalue weighted by atomic mass is 10.1. The molecule has 1 saturated heterocycles. The largest absolute Gasteiger partial charge is 0.385 e. The van der Waals surface area contributed by atoms with Crippen LogP contribution in [0.2, 0.25) is 0 Å². The Morgan fingerprint density at radius 1 is 1.26 bits per heavy atom. The van der Waals surface area contributed by atoms with Gasteiger partial charge >= 0.3 is 0 Å². The molecule has 0 spiro atoms. The Balaban J connectivity index is 0.00000364. The lowest BCUT2D eigenvalue weighted by Crippen LogP contribution is -2.47. The summed E-state index contributed by atoms with van der Waals surface area (Å²) < 4.78 is 24.1. The number of hydrogen-bond donors (Lipinski definition) is 1. The van der Waals surface area contributed by atoms with Gasteiger partial charge in [-0.25, -0.2) is 4.39 Å². The van der Waals surface area contributed by atoms with Crippen LogP contribution < -0.4 is 5.32 Å². The second-order valence-electron chi connectivity index (χ2n) is 6.61. The van der Waals surface area contributed by atoms with Crippen LogP contribution in [0, 0.1) is 5.82 Å². The molecule has 0 bridgehead atoms. The van der Waals surface area contributed by atoms with Gasteiger partial charge in [0.25, 0.3) is 0 Å². The van der Waals surface area contributed by atoms with Crippen LogP contribution in [0.15, 0.2) is 29.3 Å². The molecule has 0 radical (unpaired) electrons. The number of rotatable bonds is 9. The summed E-state index contributed by atoms with van der Waals surface area (Å²) >= 11 is 0. The van der Waals surface area contributed by atoms with Gasteiger partial charge in [-0.05, 0) is 49.8 Å². The van der Waals surface area contributed by atoms with Gasteiger partial charge in [-0.15, -0.1) is 24.0 Å². The number of nitrogens with zero attached hydrogens (tertiary/aromatic N) is 2. The van der Waals surface area contributed by atoms with E-state index >= 15 is 0 Å². The Bertz CT molecular complexity index is 552. The smallest absolute Gasteiger partial charge is 0.193 e. The number of methoxy groups -OCH3 is 1. The molecule has 1 aliphatic heterocycles. The van der Waals surface area contributed by atoms with Crippen molar-refractivity contribution in [2.45, 2.75) is 38.2 Å². The highest BCUT2D eigenvalue weighted by molar-refractivity contribution is 14.0. The van der Waals surface area contributed by atoms with Crippen LogP contribution >= 0.6 is 24.0 Å². The van der Waals surface area contributed by atoms with E-state index < -0.39 is 0 Å². The maximum atomic E-state index is 13.2. The van der Waals surface area contributed by atoms with Crippen LogP contribution in [0.25, 0.3) is 0 Å². The average molecular weight is 493 g/mol. The number of halogens is 2. The number of aryl methyl sites for hydroxylation is 1. The molecule has 1 aromatic carbocycles. The predicted octanol–water partition coefficient (Wildman–Crippen LogP) is 3.47. The lowest BCUT2D eigenvalue weighted by Gasteiger charge is -2.34. The molecule has 154 valence electrons. The molecule has 1 heterocycles. The number of likely N-dealkylation sites (tertiary alicyclic amines) is 1. The molecule has 5 nitrogen and oxygen atoms in total. The maximum absolute atomic E-state index is 13.2. The molecule has 1 aromatic rings. The Morgan fingerprint density at radius 2 is 2.04 bits per heavy atom. The van der Waals surface area contributed by atoms with Gasteiger partial charge in [0.2, 0.25) is 0 Å². The van der Waals surface area contributed by atoms with E-state index in [0.717, 1.165) is 76.5 Å². The first-order valence-electron chi connectivity index (χ1n) is 9.53. The first-order valence-corrected chi connectivity index (χ1v) is 9.53. The number of aliphatic imine (C=N–C) groups is 1. The van der Waals surface area contributed by atoms with Crippen LogP contribution in [0.4, 0.5) is 4.39 Å². The zero-order valence-electron chi connectivity index (χ0n) is 16.5. The molecule has 27 heavy (non-hydrogen) atoms. The van der Waals surface area contributed by atoms with E-state index in [4.69, 9.17) is 9.47 Å². The Hall–Kier alpha value is -0.930. The van der Waals surface area contributed by atoms with Crippen molar-refractivity contribution in [3.63, 3.8) is 0 Å². The van der Waals surface area contributed by atoms with Gasteiger partial charge in [0, 0.05) is 47.0 Å². The van der Waals surface area contributed by atoms with E-state index in [1.807, 2.05) is 13.1 Å². The molecule has 1 aliphatic rings. The minimum Gasteiger partial charge on any atom is -0.385 e. The summed E-state index contributed by atoms with van der Waals surface area (Å²) in [6.45, 7) is 4.27. The van der Waals surface area contributed by atoms with E-state index in [0.29, 0.717) is 6.10 Å². The van der Waals surface area contributed by atoms with Crippen molar-refractivity contribution in [3.8, 4) is 0 Å². The summed E-state index contributed by atoms with van der Waals surface area (Å²) in [6.07, 6.45) is 5.15. The highest BCUT2D eigenvalue weighted by Gasteiger charge is 2.21. The van der Waals surface area contributed by atoms with E-state index in [2.05, 4.69) is 15.2 Å². The first-order chi connectivity index (χ1) is 12.7. The fourth-order valence-corrected chi connectivity index (χ4v) is 3.20. The number of benzene rings is 1. The summed E-state index contributed by atoms with van der Waals surface area (Å²) in [5.74, 6) is 0.778. The van der Waals surface area contributed by atoms with Crippen molar-refractivity contribution in [2.75, 3.05) is 47.0 Å². The highest BCUT2D eigenvalue weighted by Crippen LogP contribution is 2.14. The van der Waals surface area contributed by atoms with Crippen LogP contribution in [-0.4, -0.2) is 64.0 Å². The topological polar surface area (TPSA) is 46.1 Å². The first kappa shape index (κ1) is 24.1. The summed E-state index contributed by atoms with van der Waals surface area (Å²) in [5.41, 5.74) is 1.04. The quantitative estimate of drug-likeness (QED) is 0.248. The van der Waals surface area contributed by atoms with Crippen molar-refractivity contribution in [2.24, 2.45) is 4.99 Å². The van der Waals surface area contributed by atoms with Crippen molar-refractivity contribution >= 4 is 29.9 Å². The van der Waals surface area contributed by atoms with Crippen molar-refractivity contribution in [1.82, 2.24) is 10.2 Å². The molecular weight excluding hydrogens is 460 g/mol. The van der Waals surface area contributed by atoms with Gasteiger partial charge in [0.05, 0.1) is 6.10 Å². The van der Waals surface area contributed by atoms with Gasteiger partial charge < -0.3 is 19.7 Å². The minimum atomic E-state index is -0.168. The third-order valence-electron chi connectivity index (χ3n) is 4.61. The standard InChI is InChI=1S/C20H32FN3O2.HI/c1-22-20(23-11-4-7-17-6-3-8-18(21)16-17)24-12-9-19(10-13-24)26-15-5-14-25-2;/h3,6,8,16,19H,4-5,7,9-15H2,1-2H3,(H,22,23);1H. The van der Waals surface area contributed by atoms with Gasteiger partial charge in [0.1, 0.15) is 5.82 Å². The van der Waals surface area contributed by atoms with Gasteiger partial charge in [-0.1, -0.05) is 12.1 Å². The molecule has 2 rings (SSSR count). The van der Waals surface area contributed by atoms with E-state index in [-0.39, 0.29) is 29.8 Å². The summed E-state index contributed by atoms with van der Waals surface area (Å²) in [4.78, 5) is 6.68.